The Balaban J connectivity index is 2.54. The second kappa shape index (κ2) is 3.36. The molecule has 0 aliphatic carbocycles. The minimum atomic E-state index is -0.401. The molecule has 1 amide bonds. The molecule has 0 bridgehead atoms. The summed E-state index contributed by atoms with van der Waals surface area (Å²) in [6.07, 6.45) is 0.294. The van der Waals surface area contributed by atoms with Crippen molar-refractivity contribution >= 4 is 11.9 Å². The van der Waals surface area contributed by atoms with Gasteiger partial charge in [-0.25, -0.2) is 0 Å². The fourth-order valence-corrected chi connectivity index (χ4v) is 1.18. The lowest BCUT2D eigenvalue weighted by Crippen LogP contribution is -2.27. The zero-order chi connectivity index (χ0) is 10.1. The van der Waals surface area contributed by atoms with Crippen LogP contribution in [0.25, 0.3) is 0 Å². The highest BCUT2D eigenvalue weighted by molar-refractivity contribution is 5.98. The smallest absolute Gasteiger partial charge is 0.293 e. The second-order valence-electron chi connectivity index (χ2n) is 4.38. The van der Waals surface area contributed by atoms with Crippen LogP contribution in [0.15, 0.2) is 4.99 Å². The molecule has 0 saturated heterocycles. The number of hydrogen-bond donors (Lipinski definition) is 1. The second-order valence-corrected chi connectivity index (χ2v) is 4.38. The summed E-state index contributed by atoms with van der Waals surface area (Å²) in [6.45, 7) is 6.21. The van der Waals surface area contributed by atoms with E-state index in [-0.39, 0.29) is 11.3 Å². The van der Waals surface area contributed by atoms with Crippen molar-refractivity contribution in [2.45, 2.75) is 33.3 Å². The number of amidine groups is 1. The predicted octanol–water partition coefficient (Wildman–Crippen LogP) is 0.923. The number of carbonyl (C=O) groups is 1. The van der Waals surface area contributed by atoms with Crippen molar-refractivity contribution in [1.29, 1.82) is 0 Å². The fraction of sp³-hybridized carbons (Fsp3) is 0.778. The number of nitrogens with one attached hydrogen (secondary N) is 1. The Morgan fingerprint density at radius 2 is 2.15 bits per heavy atom. The standard InChI is InChI=1S/C9H16N2O2/c1-9(2,3)5-6-7(12)11-8(10-4)13-6/h6H,5H2,1-4H3,(H,10,11,12). The summed E-state index contributed by atoms with van der Waals surface area (Å²) >= 11 is 0. The van der Waals surface area contributed by atoms with Crippen molar-refractivity contribution < 1.29 is 9.53 Å². The van der Waals surface area contributed by atoms with E-state index in [1.54, 1.807) is 7.05 Å². The number of amides is 1. The lowest BCUT2D eigenvalue weighted by atomic mass is 9.89. The molecule has 4 heteroatoms. The van der Waals surface area contributed by atoms with Crippen LogP contribution in [0.2, 0.25) is 0 Å². The zero-order valence-corrected chi connectivity index (χ0v) is 8.55. The van der Waals surface area contributed by atoms with E-state index in [4.69, 9.17) is 4.74 Å². The predicted molar refractivity (Wildman–Crippen MR) is 50.4 cm³/mol. The SMILES string of the molecule is CNC1=NC(=O)C(CC(C)(C)C)O1. The van der Waals surface area contributed by atoms with Gasteiger partial charge in [-0.3, -0.25) is 4.79 Å². The maximum atomic E-state index is 11.3. The molecule has 4 nitrogen and oxygen atoms in total. The first-order valence-electron chi connectivity index (χ1n) is 4.39. The third-order valence-electron chi connectivity index (χ3n) is 1.75. The summed E-state index contributed by atoms with van der Waals surface area (Å²) in [6, 6.07) is 0.333. The van der Waals surface area contributed by atoms with Crippen LogP contribution in [0.1, 0.15) is 27.2 Å². The van der Waals surface area contributed by atoms with Gasteiger partial charge in [0.15, 0.2) is 6.10 Å². The minimum Gasteiger partial charge on any atom is -0.451 e. The highest BCUT2D eigenvalue weighted by atomic mass is 16.5. The lowest BCUT2D eigenvalue weighted by molar-refractivity contribution is -0.123. The molecule has 1 unspecified atom stereocenters. The molecule has 13 heavy (non-hydrogen) atoms. The van der Waals surface area contributed by atoms with Gasteiger partial charge < -0.3 is 10.1 Å². The Bertz CT molecular complexity index is 240. The molecule has 1 N–H and O–H groups in total. The van der Waals surface area contributed by atoms with E-state index in [0.717, 1.165) is 0 Å². The summed E-state index contributed by atoms with van der Waals surface area (Å²) < 4.78 is 5.29. The number of ether oxygens (including phenoxy) is 1. The Hall–Kier alpha value is -1.06. The van der Waals surface area contributed by atoms with Gasteiger partial charge in [-0.15, -0.1) is 0 Å². The first-order chi connectivity index (χ1) is 5.92. The van der Waals surface area contributed by atoms with E-state index in [1.165, 1.54) is 0 Å². The highest BCUT2D eigenvalue weighted by Crippen LogP contribution is 2.24. The summed E-state index contributed by atoms with van der Waals surface area (Å²) in [4.78, 5) is 15.0. The van der Waals surface area contributed by atoms with Gasteiger partial charge in [0.2, 0.25) is 0 Å². The van der Waals surface area contributed by atoms with Crippen molar-refractivity contribution in [1.82, 2.24) is 5.32 Å². The van der Waals surface area contributed by atoms with Gasteiger partial charge in [-0.2, -0.15) is 4.99 Å². The normalized spacial score (nSPS) is 22.6. The molecular formula is C9H16N2O2. The molecule has 0 spiro atoms. The van der Waals surface area contributed by atoms with Gasteiger partial charge in [-0.1, -0.05) is 20.8 Å². The monoisotopic (exact) mass is 184 g/mol. The van der Waals surface area contributed by atoms with E-state index in [1.807, 2.05) is 0 Å². The number of aliphatic imine (C=N–C) groups is 1. The van der Waals surface area contributed by atoms with Gasteiger partial charge in [-0.05, 0) is 11.8 Å². The van der Waals surface area contributed by atoms with Crippen molar-refractivity contribution in [3.8, 4) is 0 Å². The number of nitrogens with zero attached hydrogens (tertiary/aromatic N) is 1. The molecule has 1 heterocycles. The van der Waals surface area contributed by atoms with E-state index >= 15 is 0 Å². The first kappa shape index (κ1) is 10.0. The van der Waals surface area contributed by atoms with Crippen LogP contribution in [0, 0.1) is 5.41 Å². The minimum absolute atomic E-state index is 0.0824. The van der Waals surface area contributed by atoms with Gasteiger partial charge in [0.1, 0.15) is 0 Å². The van der Waals surface area contributed by atoms with Crippen LogP contribution < -0.4 is 5.32 Å². The van der Waals surface area contributed by atoms with Crippen LogP contribution in [0.5, 0.6) is 0 Å². The third kappa shape index (κ3) is 2.72. The van der Waals surface area contributed by atoms with Crippen molar-refractivity contribution in [2.75, 3.05) is 7.05 Å². The largest absolute Gasteiger partial charge is 0.451 e. The average Bonchev–Trinajstić information content (AvgIpc) is 2.29. The highest BCUT2D eigenvalue weighted by Gasteiger charge is 2.32. The fourth-order valence-electron chi connectivity index (χ4n) is 1.18. The summed E-state index contributed by atoms with van der Waals surface area (Å²) in [7, 11) is 1.69. The quantitative estimate of drug-likeness (QED) is 0.659. The zero-order valence-electron chi connectivity index (χ0n) is 8.55. The third-order valence-corrected chi connectivity index (χ3v) is 1.75. The molecule has 0 radical (unpaired) electrons. The number of rotatable bonds is 1. The van der Waals surface area contributed by atoms with E-state index in [0.29, 0.717) is 12.4 Å². The van der Waals surface area contributed by atoms with E-state index < -0.39 is 6.10 Å². The molecule has 74 valence electrons. The van der Waals surface area contributed by atoms with Crippen LogP contribution >= 0.6 is 0 Å². The summed E-state index contributed by atoms with van der Waals surface area (Å²) in [5.74, 6) is -0.181. The maximum absolute atomic E-state index is 11.3. The number of carbonyl (C=O) groups excluding carboxylic acids is 1. The molecule has 0 aromatic carbocycles. The molecule has 0 aromatic heterocycles. The molecule has 0 saturated carbocycles. The topological polar surface area (TPSA) is 50.7 Å². The summed E-state index contributed by atoms with van der Waals surface area (Å²) in [5, 5.41) is 2.72. The summed E-state index contributed by atoms with van der Waals surface area (Å²) in [5.41, 5.74) is 0.0824. The van der Waals surface area contributed by atoms with Crippen LogP contribution in [0.3, 0.4) is 0 Å². The Morgan fingerprint density at radius 1 is 1.54 bits per heavy atom. The number of hydrogen-bond acceptors (Lipinski definition) is 3. The van der Waals surface area contributed by atoms with Crippen molar-refractivity contribution in [3.05, 3.63) is 0 Å². The molecule has 0 aromatic rings. The molecule has 1 aliphatic rings. The maximum Gasteiger partial charge on any atom is 0.293 e. The van der Waals surface area contributed by atoms with Crippen LogP contribution in [-0.4, -0.2) is 25.1 Å². The Morgan fingerprint density at radius 3 is 2.54 bits per heavy atom. The lowest BCUT2D eigenvalue weighted by Gasteiger charge is -2.20. The van der Waals surface area contributed by atoms with Crippen molar-refractivity contribution in [2.24, 2.45) is 10.4 Å². The van der Waals surface area contributed by atoms with Gasteiger partial charge in [0, 0.05) is 7.05 Å². The molecule has 1 rings (SSSR count). The van der Waals surface area contributed by atoms with E-state index in [2.05, 4.69) is 31.1 Å². The molecule has 1 aliphatic heterocycles. The molecular weight excluding hydrogens is 168 g/mol. The first-order valence-corrected chi connectivity index (χ1v) is 4.39. The van der Waals surface area contributed by atoms with Crippen LogP contribution in [-0.2, 0) is 9.53 Å². The average molecular weight is 184 g/mol. The van der Waals surface area contributed by atoms with Gasteiger partial charge in [0.25, 0.3) is 11.9 Å². The van der Waals surface area contributed by atoms with Crippen LogP contribution in [0.4, 0.5) is 0 Å². The Kier molecular flexibility index (Phi) is 2.59. The van der Waals surface area contributed by atoms with Gasteiger partial charge >= 0.3 is 0 Å². The Labute approximate surface area is 78.4 Å². The molecule has 0 fully saturated rings. The van der Waals surface area contributed by atoms with E-state index in [9.17, 15) is 4.79 Å². The van der Waals surface area contributed by atoms with Gasteiger partial charge in [0.05, 0.1) is 0 Å². The molecule has 1 atom stereocenters. The van der Waals surface area contributed by atoms with Crippen molar-refractivity contribution in [3.63, 3.8) is 0 Å².